The summed E-state index contributed by atoms with van der Waals surface area (Å²) in [5.74, 6) is -3.59. The van der Waals surface area contributed by atoms with Crippen molar-refractivity contribution < 1.29 is 38.9 Å². The van der Waals surface area contributed by atoms with Crippen LogP contribution in [0.5, 0.6) is 0 Å². The molecule has 0 fully saturated rings. The Morgan fingerprint density at radius 3 is 1.25 bits per heavy atom. The second-order valence-electron chi connectivity index (χ2n) is 2.85. The van der Waals surface area contributed by atoms with Gasteiger partial charge in [0.2, 0.25) is 0 Å². The summed E-state index contributed by atoms with van der Waals surface area (Å²) >= 11 is 0. The Morgan fingerprint density at radius 2 is 1.05 bits per heavy atom. The van der Waals surface area contributed by atoms with Crippen LogP contribution in [0.25, 0.3) is 0 Å². The van der Waals surface area contributed by atoms with Crippen molar-refractivity contribution in [1.29, 1.82) is 0 Å². The molecule has 0 saturated carbocycles. The molecule has 0 radical (unpaired) electrons. The summed E-state index contributed by atoms with van der Waals surface area (Å²) in [6, 6.07) is 0. The quantitative estimate of drug-likeness (QED) is 0.530. The number of aliphatic carboxylic acids is 2. The summed E-state index contributed by atoms with van der Waals surface area (Å²) in [6.45, 7) is 3.80. The van der Waals surface area contributed by atoms with Crippen molar-refractivity contribution in [1.82, 2.24) is 0 Å². The van der Waals surface area contributed by atoms with E-state index in [-0.39, 0.29) is 13.2 Å². The summed E-state index contributed by atoms with van der Waals surface area (Å²) in [6.07, 6.45) is 3.20. The van der Waals surface area contributed by atoms with E-state index in [1.54, 1.807) is 13.8 Å². The highest BCUT2D eigenvalue weighted by Crippen LogP contribution is 1.80. The van der Waals surface area contributed by atoms with Crippen LogP contribution in [0.2, 0.25) is 0 Å². The standard InChI is InChI=1S/2C6H8O4/c2*1-2-10-6(9)4-3-5(7)8/h2*3-4H,2H2,1H3,(H,7,8). The molecule has 20 heavy (non-hydrogen) atoms. The normalized spacial score (nSPS) is 9.70. The molecule has 0 amide bonds. The molecule has 112 valence electrons. The van der Waals surface area contributed by atoms with E-state index in [0.717, 1.165) is 24.3 Å². The zero-order chi connectivity index (χ0) is 16.0. The summed E-state index contributed by atoms with van der Waals surface area (Å²) < 4.78 is 8.81. The fraction of sp³-hybridized carbons (Fsp3) is 0.333. The molecule has 0 aliphatic rings. The first-order chi connectivity index (χ1) is 9.33. The van der Waals surface area contributed by atoms with Gasteiger partial charge in [0.25, 0.3) is 0 Å². The van der Waals surface area contributed by atoms with Crippen molar-refractivity contribution in [3.63, 3.8) is 0 Å². The summed E-state index contributed by atoms with van der Waals surface area (Å²) in [5.41, 5.74) is 0. The molecule has 0 heterocycles. The highest BCUT2D eigenvalue weighted by Gasteiger charge is 1.94. The molecular formula is C12H16O8. The van der Waals surface area contributed by atoms with Crippen LogP contribution >= 0.6 is 0 Å². The zero-order valence-corrected chi connectivity index (χ0v) is 11.1. The summed E-state index contributed by atoms with van der Waals surface area (Å²) in [5, 5.41) is 16.1. The lowest BCUT2D eigenvalue weighted by Gasteiger charge is -1.92. The fourth-order valence-electron chi connectivity index (χ4n) is 0.659. The first-order valence-electron chi connectivity index (χ1n) is 5.48. The molecule has 2 N–H and O–H groups in total. The van der Waals surface area contributed by atoms with Gasteiger partial charge < -0.3 is 19.7 Å². The molecule has 0 aromatic carbocycles. The molecule has 0 aliphatic carbocycles. The first-order valence-corrected chi connectivity index (χ1v) is 5.48. The molecule has 0 aromatic rings. The van der Waals surface area contributed by atoms with E-state index in [2.05, 4.69) is 9.47 Å². The molecule has 0 saturated heterocycles. The van der Waals surface area contributed by atoms with Gasteiger partial charge in [-0.05, 0) is 13.8 Å². The van der Waals surface area contributed by atoms with Crippen LogP contribution in [-0.4, -0.2) is 47.3 Å². The Labute approximate surface area is 115 Å². The fourth-order valence-corrected chi connectivity index (χ4v) is 0.659. The van der Waals surface area contributed by atoms with E-state index in [1.807, 2.05) is 0 Å². The average molecular weight is 288 g/mol. The smallest absolute Gasteiger partial charge is 0.330 e. The maximum atomic E-state index is 10.4. The maximum absolute atomic E-state index is 10.4. The van der Waals surface area contributed by atoms with Crippen molar-refractivity contribution >= 4 is 23.9 Å². The van der Waals surface area contributed by atoms with Gasteiger partial charge in [-0.1, -0.05) is 0 Å². The van der Waals surface area contributed by atoms with Gasteiger partial charge >= 0.3 is 23.9 Å². The minimum absolute atomic E-state index is 0.253. The van der Waals surface area contributed by atoms with Gasteiger partial charge in [-0.3, -0.25) is 0 Å². The molecule has 0 aliphatic heterocycles. The van der Waals surface area contributed by atoms with Crippen molar-refractivity contribution in [2.24, 2.45) is 0 Å². The number of rotatable bonds is 6. The molecule has 0 spiro atoms. The number of ether oxygens (including phenoxy) is 2. The maximum Gasteiger partial charge on any atom is 0.330 e. The van der Waals surface area contributed by atoms with Crippen LogP contribution in [0.4, 0.5) is 0 Å². The highest BCUT2D eigenvalue weighted by molar-refractivity contribution is 5.91. The second-order valence-corrected chi connectivity index (χ2v) is 2.85. The van der Waals surface area contributed by atoms with E-state index in [0.29, 0.717) is 0 Å². The molecule has 0 aromatic heterocycles. The van der Waals surface area contributed by atoms with E-state index < -0.39 is 23.9 Å². The number of carboxylic acid groups (broad SMARTS) is 2. The highest BCUT2D eigenvalue weighted by atomic mass is 16.5. The Bertz CT molecular complexity index is 356. The average Bonchev–Trinajstić information content (AvgIpc) is 2.35. The SMILES string of the molecule is CCOC(=O)C=CC(=O)O.CCOC(=O)C=CC(=O)O. The van der Waals surface area contributed by atoms with Crippen molar-refractivity contribution in [2.45, 2.75) is 13.8 Å². The van der Waals surface area contributed by atoms with Crippen molar-refractivity contribution in [3.8, 4) is 0 Å². The number of carboxylic acids is 2. The minimum atomic E-state index is -1.16. The predicted octanol–water partition coefficient (Wildman–Crippen LogP) is 0.381. The number of esters is 2. The second kappa shape index (κ2) is 12.8. The first kappa shape index (κ1) is 19.7. The third-order valence-electron chi connectivity index (χ3n) is 1.30. The van der Waals surface area contributed by atoms with E-state index in [1.165, 1.54) is 0 Å². The van der Waals surface area contributed by atoms with Gasteiger partial charge in [0.15, 0.2) is 0 Å². The predicted molar refractivity (Wildman–Crippen MR) is 66.8 cm³/mol. The van der Waals surface area contributed by atoms with E-state index >= 15 is 0 Å². The number of carbonyl (C=O) groups is 4. The van der Waals surface area contributed by atoms with Crippen molar-refractivity contribution in [2.75, 3.05) is 13.2 Å². The van der Waals surface area contributed by atoms with Crippen LogP contribution in [-0.2, 0) is 28.7 Å². The largest absolute Gasteiger partial charge is 0.478 e. The lowest BCUT2D eigenvalue weighted by molar-refractivity contribution is -0.138. The van der Waals surface area contributed by atoms with Gasteiger partial charge in [-0.25, -0.2) is 19.2 Å². The Balaban J connectivity index is 0. The monoisotopic (exact) mass is 288 g/mol. The van der Waals surface area contributed by atoms with Gasteiger partial charge in [-0.15, -0.1) is 0 Å². The molecule has 0 unspecified atom stereocenters. The number of carbonyl (C=O) groups excluding carboxylic acids is 2. The lowest BCUT2D eigenvalue weighted by atomic mass is 10.5. The topological polar surface area (TPSA) is 127 Å². The van der Waals surface area contributed by atoms with Crippen molar-refractivity contribution in [3.05, 3.63) is 24.3 Å². The Kier molecular flexibility index (Phi) is 12.6. The summed E-state index contributed by atoms with van der Waals surface area (Å²) in [7, 11) is 0. The van der Waals surface area contributed by atoms with Gasteiger partial charge in [0, 0.05) is 24.3 Å². The molecule has 0 atom stereocenters. The zero-order valence-electron chi connectivity index (χ0n) is 11.1. The summed E-state index contributed by atoms with van der Waals surface area (Å²) in [4.78, 5) is 40.4. The third kappa shape index (κ3) is 17.7. The van der Waals surface area contributed by atoms with Crippen LogP contribution in [0.3, 0.4) is 0 Å². The molecule has 8 nitrogen and oxygen atoms in total. The molecule has 0 rings (SSSR count). The van der Waals surface area contributed by atoms with Crippen LogP contribution in [0.1, 0.15) is 13.8 Å². The third-order valence-corrected chi connectivity index (χ3v) is 1.30. The molecule has 8 heteroatoms. The molecular weight excluding hydrogens is 272 g/mol. The van der Waals surface area contributed by atoms with E-state index in [4.69, 9.17) is 10.2 Å². The number of hydrogen-bond acceptors (Lipinski definition) is 6. The minimum Gasteiger partial charge on any atom is -0.478 e. The Morgan fingerprint density at radius 1 is 0.750 bits per heavy atom. The van der Waals surface area contributed by atoms with Gasteiger partial charge in [-0.2, -0.15) is 0 Å². The lowest BCUT2D eigenvalue weighted by Crippen LogP contribution is -2.00. The molecule has 0 bridgehead atoms. The van der Waals surface area contributed by atoms with Crippen LogP contribution < -0.4 is 0 Å². The van der Waals surface area contributed by atoms with Gasteiger partial charge in [0.1, 0.15) is 0 Å². The van der Waals surface area contributed by atoms with Crippen LogP contribution in [0.15, 0.2) is 24.3 Å². The Hall–Kier alpha value is -2.64. The van der Waals surface area contributed by atoms with Crippen LogP contribution in [0, 0.1) is 0 Å². The van der Waals surface area contributed by atoms with Gasteiger partial charge in [0.05, 0.1) is 13.2 Å². The number of hydrogen-bond donors (Lipinski definition) is 2. The van der Waals surface area contributed by atoms with E-state index in [9.17, 15) is 19.2 Å².